The Morgan fingerprint density at radius 3 is 1.71 bits per heavy atom. The first-order valence-electron chi connectivity index (χ1n) is 8.10. The molecule has 0 saturated heterocycles. The first kappa shape index (κ1) is 18.9. The zero-order chi connectivity index (χ0) is 18.1. The maximum atomic E-state index is 9.26. The molecule has 0 spiro atoms. The van der Waals surface area contributed by atoms with E-state index in [1.54, 1.807) is 0 Å². The summed E-state index contributed by atoms with van der Waals surface area (Å²) in [5.74, 6) is 0.489. The molecule has 130 valence electrons. The second kappa shape index (κ2) is 6.84. The third-order valence-corrected chi connectivity index (χ3v) is 4.45. The lowest BCUT2D eigenvalue weighted by molar-refractivity contribution is 0.375. The fourth-order valence-corrected chi connectivity index (χ4v) is 2.87. The number of hydrogen-bond acceptors (Lipinski definition) is 3. The number of hydrogen-bond donors (Lipinski definition) is 2. The van der Waals surface area contributed by atoms with Crippen LogP contribution in [-0.2, 0) is 10.8 Å². The highest BCUT2D eigenvalue weighted by Gasteiger charge is 2.19. The minimum atomic E-state index is -2.45. The molecule has 0 bridgehead atoms. The molecular formula is C20H27O3P. The molecule has 0 fully saturated rings. The van der Waals surface area contributed by atoms with Crippen molar-refractivity contribution in [3.63, 3.8) is 0 Å². The zero-order valence-electron chi connectivity index (χ0n) is 15.3. The van der Waals surface area contributed by atoms with Crippen LogP contribution in [-0.4, -0.2) is 9.79 Å². The molecule has 0 aromatic heterocycles. The van der Waals surface area contributed by atoms with Crippen molar-refractivity contribution in [1.29, 1.82) is 0 Å². The van der Waals surface area contributed by atoms with Crippen LogP contribution < -0.4 is 4.52 Å². The fourth-order valence-electron chi connectivity index (χ4n) is 2.54. The summed E-state index contributed by atoms with van der Waals surface area (Å²) in [6, 6.07) is 14.2. The topological polar surface area (TPSA) is 49.7 Å². The van der Waals surface area contributed by atoms with Crippen molar-refractivity contribution >= 4 is 8.60 Å². The number of rotatable bonds is 3. The predicted octanol–water partition coefficient (Wildman–Crippen LogP) is 5.54. The van der Waals surface area contributed by atoms with Crippen LogP contribution in [0.25, 0.3) is 11.1 Å². The summed E-state index contributed by atoms with van der Waals surface area (Å²) in [6.07, 6.45) is 0. The van der Waals surface area contributed by atoms with Crippen molar-refractivity contribution in [3.8, 4) is 16.9 Å². The van der Waals surface area contributed by atoms with E-state index in [9.17, 15) is 9.79 Å². The average molecular weight is 346 g/mol. The molecule has 24 heavy (non-hydrogen) atoms. The van der Waals surface area contributed by atoms with Gasteiger partial charge in [0.2, 0.25) is 0 Å². The van der Waals surface area contributed by atoms with Gasteiger partial charge in [0, 0.05) is 5.56 Å². The van der Waals surface area contributed by atoms with Gasteiger partial charge in [-0.3, -0.25) is 0 Å². The van der Waals surface area contributed by atoms with Gasteiger partial charge in [0.15, 0.2) is 0 Å². The van der Waals surface area contributed by atoms with Crippen LogP contribution in [0.2, 0.25) is 0 Å². The Morgan fingerprint density at radius 2 is 1.25 bits per heavy atom. The fraction of sp³-hybridized carbons (Fsp3) is 0.400. The van der Waals surface area contributed by atoms with E-state index in [2.05, 4.69) is 71.9 Å². The van der Waals surface area contributed by atoms with E-state index < -0.39 is 8.60 Å². The van der Waals surface area contributed by atoms with Gasteiger partial charge in [-0.1, -0.05) is 71.9 Å². The third kappa shape index (κ3) is 4.57. The first-order valence-corrected chi connectivity index (χ1v) is 9.26. The van der Waals surface area contributed by atoms with Crippen LogP contribution in [0.1, 0.15) is 52.7 Å². The Balaban J connectivity index is 2.53. The standard InChI is InChI=1S/C20H27O3P/c1-19(2,3)15-9-7-14(8-10-15)17-13-16(20(4,5)6)11-12-18(17)23-24(21)22/h7-13,21-22H,1-6H3. The van der Waals surface area contributed by atoms with E-state index in [0.717, 1.165) is 11.1 Å². The van der Waals surface area contributed by atoms with Crippen LogP contribution in [0.5, 0.6) is 5.75 Å². The normalized spacial score (nSPS) is 12.5. The molecule has 0 atom stereocenters. The van der Waals surface area contributed by atoms with Gasteiger partial charge in [-0.25, -0.2) is 0 Å². The lowest BCUT2D eigenvalue weighted by atomic mass is 9.84. The number of benzene rings is 2. The molecule has 2 aromatic rings. The van der Waals surface area contributed by atoms with E-state index in [1.165, 1.54) is 11.1 Å². The SMILES string of the molecule is CC(C)(C)c1ccc(-c2cc(C(C)(C)C)ccc2OP(O)O)cc1. The summed E-state index contributed by atoms with van der Waals surface area (Å²) >= 11 is 0. The summed E-state index contributed by atoms with van der Waals surface area (Å²) in [7, 11) is -2.45. The molecule has 0 aliphatic rings. The molecule has 0 aliphatic heterocycles. The van der Waals surface area contributed by atoms with Crippen molar-refractivity contribution in [2.24, 2.45) is 0 Å². The van der Waals surface area contributed by atoms with Crippen LogP contribution in [0.3, 0.4) is 0 Å². The van der Waals surface area contributed by atoms with Crippen molar-refractivity contribution in [2.75, 3.05) is 0 Å². The quantitative estimate of drug-likeness (QED) is 0.718. The van der Waals surface area contributed by atoms with Gasteiger partial charge in [0.25, 0.3) is 0 Å². The molecule has 0 aliphatic carbocycles. The van der Waals surface area contributed by atoms with Gasteiger partial charge < -0.3 is 14.3 Å². The average Bonchev–Trinajstić information content (AvgIpc) is 2.45. The van der Waals surface area contributed by atoms with Crippen molar-refractivity contribution < 1.29 is 14.3 Å². The Kier molecular flexibility index (Phi) is 5.39. The molecule has 4 heteroatoms. The summed E-state index contributed by atoms with van der Waals surface area (Å²) in [5.41, 5.74) is 4.40. The summed E-state index contributed by atoms with van der Waals surface area (Å²) in [5, 5.41) is 0. The first-order chi connectivity index (χ1) is 11.0. The van der Waals surface area contributed by atoms with Gasteiger partial charge in [-0.15, -0.1) is 0 Å². The summed E-state index contributed by atoms with van der Waals surface area (Å²) < 4.78 is 5.24. The van der Waals surface area contributed by atoms with Gasteiger partial charge in [-0.05, 0) is 39.7 Å². The monoisotopic (exact) mass is 346 g/mol. The molecule has 0 saturated carbocycles. The van der Waals surface area contributed by atoms with E-state index in [-0.39, 0.29) is 10.8 Å². The van der Waals surface area contributed by atoms with Crippen LogP contribution >= 0.6 is 8.60 Å². The summed E-state index contributed by atoms with van der Waals surface area (Å²) in [4.78, 5) is 18.5. The maximum Gasteiger partial charge on any atom is 0.391 e. The van der Waals surface area contributed by atoms with E-state index >= 15 is 0 Å². The van der Waals surface area contributed by atoms with Crippen molar-refractivity contribution in [2.45, 2.75) is 52.4 Å². The summed E-state index contributed by atoms with van der Waals surface area (Å²) in [6.45, 7) is 13.0. The minimum absolute atomic E-state index is 0.00178. The maximum absolute atomic E-state index is 9.26. The van der Waals surface area contributed by atoms with E-state index in [1.807, 2.05) is 12.1 Å². The lowest BCUT2D eigenvalue weighted by Gasteiger charge is -2.22. The highest BCUT2D eigenvalue weighted by atomic mass is 31.2. The van der Waals surface area contributed by atoms with Gasteiger partial charge >= 0.3 is 8.60 Å². The molecule has 0 amide bonds. The molecule has 0 heterocycles. The molecule has 2 aromatic carbocycles. The molecule has 2 N–H and O–H groups in total. The Morgan fingerprint density at radius 1 is 0.750 bits per heavy atom. The zero-order valence-corrected chi connectivity index (χ0v) is 16.2. The van der Waals surface area contributed by atoms with E-state index in [0.29, 0.717) is 5.75 Å². The Hall–Kier alpha value is -1.41. The highest BCUT2D eigenvalue weighted by Crippen LogP contribution is 2.40. The predicted molar refractivity (Wildman–Crippen MR) is 101 cm³/mol. The molecule has 3 nitrogen and oxygen atoms in total. The largest absolute Gasteiger partial charge is 0.426 e. The van der Waals surface area contributed by atoms with Gasteiger partial charge in [0.05, 0.1) is 0 Å². The van der Waals surface area contributed by atoms with Gasteiger partial charge in [0.1, 0.15) is 5.75 Å². The van der Waals surface area contributed by atoms with Gasteiger partial charge in [-0.2, -0.15) is 0 Å². The second-order valence-electron chi connectivity index (χ2n) is 8.13. The molecule has 0 unspecified atom stereocenters. The highest BCUT2D eigenvalue weighted by molar-refractivity contribution is 7.39. The lowest BCUT2D eigenvalue weighted by Crippen LogP contribution is -2.11. The molecule has 0 radical (unpaired) electrons. The minimum Gasteiger partial charge on any atom is -0.426 e. The Labute approximate surface area is 146 Å². The smallest absolute Gasteiger partial charge is 0.391 e. The van der Waals surface area contributed by atoms with Crippen LogP contribution in [0.4, 0.5) is 0 Å². The van der Waals surface area contributed by atoms with Crippen LogP contribution in [0, 0.1) is 0 Å². The van der Waals surface area contributed by atoms with Crippen molar-refractivity contribution in [1.82, 2.24) is 0 Å². The third-order valence-electron chi connectivity index (χ3n) is 4.09. The Bertz CT molecular complexity index is 692. The van der Waals surface area contributed by atoms with Crippen molar-refractivity contribution in [3.05, 3.63) is 53.6 Å². The van der Waals surface area contributed by atoms with E-state index in [4.69, 9.17) is 4.52 Å². The molecule has 2 rings (SSSR count). The molecular weight excluding hydrogens is 319 g/mol. The second-order valence-corrected chi connectivity index (χ2v) is 8.82. The van der Waals surface area contributed by atoms with Crippen LogP contribution in [0.15, 0.2) is 42.5 Å².